The Morgan fingerprint density at radius 3 is 2.85 bits per heavy atom. The Morgan fingerprint density at radius 1 is 1.30 bits per heavy atom. The molecule has 0 aliphatic carbocycles. The highest BCUT2D eigenvalue weighted by Crippen LogP contribution is 2.20. The second-order valence-electron chi connectivity index (χ2n) is 4.01. The lowest BCUT2D eigenvalue weighted by Gasteiger charge is -2.06. The summed E-state index contributed by atoms with van der Waals surface area (Å²) in [7, 11) is 0. The van der Waals surface area contributed by atoms with Crippen molar-refractivity contribution in [2.45, 2.75) is 5.75 Å². The lowest BCUT2D eigenvalue weighted by Crippen LogP contribution is -2.26. The maximum absolute atomic E-state index is 11.9. The van der Waals surface area contributed by atoms with Gasteiger partial charge in [0.2, 0.25) is 0 Å². The molecule has 2 aromatic rings. The largest absolute Gasteiger partial charge is 0.468 e. The first-order chi connectivity index (χ1) is 9.66. The molecule has 0 saturated heterocycles. The zero-order valence-electron chi connectivity index (χ0n) is 10.6. The summed E-state index contributed by atoms with van der Waals surface area (Å²) in [6, 6.07) is 8.62. The van der Waals surface area contributed by atoms with Crippen molar-refractivity contribution in [1.29, 1.82) is 0 Å². The van der Waals surface area contributed by atoms with Crippen molar-refractivity contribution >= 4 is 40.9 Å². The molecular weight excluding hydrogens is 317 g/mol. The van der Waals surface area contributed by atoms with Crippen LogP contribution in [0.5, 0.6) is 0 Å². The third kappa shape index (κ3) is 4.47. The molecule has 1 aromatic carbocycles. The molecule has 0 saturated carbocycles. The predicted octanol–water partition coefficient (Wildman–Crippen LogP) is 4.25. The standard InChI is InChI=1S/C14H13Cl2NO2S/c15-10-3-4-12(13(16)8-10)14(18)17-5-7-20-9-11-2-1-6-19-11/h1-4,6,8H,5,7,9H2,(H,17,18). The molecule has 0 aliphatic heterocycles. The number of rotatable bonds is 6. The number of carbonyl (C=O) groups is 1. The second kappa shape index (κ2) is 7.62. The van der Waals surface area contributed by atoms with E-state index < -0.39 is 0 Å². The number of hydrogen-bond acceptors (Lipinski definition) is 3. The molecule has 0 unspecified atom stereocenters. The number of carbonyl (C=O) groups excluding carboxylic acids is 1. The zero-order chi connectivity index (χ0) is 14.4. The van der Waals surface area contributed by atoms with Crippen LogP contribution in [-0.4, -0.2) is 18.2 Å². The molecule has 0 bridgehead atoms. The van der Waals surface area contributed by atoms with E-state index in [1.807, 2.05) is 12.1 Å². The first-order valence-electron chi connectivity index (χ1n) is 6.00. The van der Waals surface area contributed by atoms with Crippen LogP contribution in [0.15, 0.2) is 41.0 Å². The summed E-state index contributed by atoms with van der Waals surface area (Å²) < 4.78 is 5.22. The molecule has 0 fully saturated rings. The number of amides is 1. The van der Waals surface area contributed by atoms with Gasteiger partial charge < -0.3 is 9.73 Å². The summed E-state index contributed by atoms with van der Waals surface area (Å²) in [5.74, 6) is 2.34. The third-order valence-electron chi connectivity index (χ3n) is 2.53. The first-order valence-corrected chi connectivity index (χ1v) is 7.91. The van der Waals surface area contributed by atoms with Crippen LogP contribution in [0.3, 0.4) is 0 Å². The van der Waals surface area contributed by atoms with Crippen LogP contribution in [0.2, 0.25) is 10.0 Å². The minimum absolute atomic E-state index is 0.190. The molecule has 1 heterocycles. The molecule has 106 valence electrons. The average Bonchev–Trinajstić information content (AvgIpc) is 2.91. The molecule has 1 amide bonds. The fraction of sp³-hybridized carbons (Fsp3) is 0.214. The van der Waals surface area contributed by atoms with Crippen molar-refractivity contribution in [2.75, 3.05) is 12.3 Å². The quantitative estimate of drug-likeness (QED) is 0.805. The summed E-state index contributed by atoms with van der Waals surface area (Å²) in [4.78, 5) is 11.9. The maximum atomic E-state index is 11.9. The predicted molar refractivity (Wildman–Crippen MR) is 83.7 cm³/mol. The van der Waals surface area contributed by atoms with E-state index in [0.717, 1.165) is 17.3 Å². The maximum Gasteiger partial charge on any atom is 0.252 e. The van der Waals surface area contributed by atoms with Crippen molar-refractivity contribution in [1.82, 2.24) is 5.32 Å². The number of thioether (sulfide) groups is 1. The fourth-order valence-corrected chi connectivity index (χ4v) is 2.82. The lowest BCUT2D eigenvalue weighted by molar-refractivity contribution is 0.0956. The molecule has 6 heteroatoms. The highest BCUT2D eigenvalue weighted by Gasteiger charge is 2.09. The molecule has 20 heavy (non-hydrogen) atoms. The SMILES string of the molecule is O=C(NCCSCc1ccco1)c1ccc(Cl)cc1Cl. The zero-order valence-corrected chi connectivity index (χ0v) is 12.9. The highest BCUT2D eigenvalue weighted by atomic mass is 35.5. The molecular formula is C14H13Cl2NO2S. The van der Waals surface area contributed by atoms with Crippen LogP contribution in [-0.2, 0) is 5.75 Å². The van der Waals surface area contributed by atoms with E-state index in [1.165, 1.54) is 0 Å². The van der Waals surface area contributed by atoms with E-state index in [0.29, 0.717) is 22.2 Å². The van der Waals surface area contributed by atoms with Gasteiger partial charge in [0.05, 0.1) is 22.6 Å². The average molecular weight is 330 g/mol. The Hall–Kier alpha value is -1.10. The Balaban J connectivity index is 1.72. The van der Waals surface area contributed by atoms with Crippen molar-refractivity contribution in [3.05, 3.63) is 58.0 Å². The van der Waals surface area contributed by atoms with E-state index in [9.17, 15) is 4.79 Å². The Labute approximate surface area is 131 Å². The van der Waals surface area contributed by atoms with Gasteiger partial charge in [-0.2, -0.15) is 11.8 Å². The molecule has 0 spiro atoms. The summed E-state index contributed by atoms with van der Waals surface area (Å²) in [6.07, 6.45) is 1.65. The van der Waals surface area contributed by atoms with E-state index in [-0.39, 0.29) is 5.91 Å². The van der Waals surface area contributed by atoms with E-state index in [2.05, 4.69) is 5.32 Å². The van der Waals surface area contributed by atoms with Gasteiger partial charge in [0.25, 0.3) is 5.91 Å². The molecule has 1 aromatic heterocycles. The van der Waals surface area contributed by atoms with Crippen LogP contribution < -0.4 is 5.32 Å². The summed E-state index contributed by atoms with van der Waals surface area (Å²) in [5.41, 5.74) is 0.437. The lowest BCUT2D eigenvalue weighted by atomic mass is 10.2. The minimum atomic E-state index is -0.190. The number of hydrogen-bond donors (Lipinski definition) is 1. The third-order valence-corrected chi connectivity index (χ3v) is 4.06. The van der Waals surface area contributed by atoms with Gasteiger partial charge in [-0.1, -0.05) is 23.2 Å². The summed E-state index contributed by atoms with van der Waals surface area (Å²) >= 11 is 13.4. The number of benzene rings is 1. The van der Waals surface area contributed by atoms with Crippen molar-refractivity contribution < 1.29 is 9.21 Å². The van der Waals surface area contributed by atoms with Gasteiger partial charge in [-0.15, -0.1) is 0 Å². The van der Waals surface area contributed by atoms with E-state index in [1.54, 1.807) is 36.2 Å². The van der Waals surface area contributed by atoms with Gasteiger partial charge in [-0.05, 0) is 30.3 Å². The van der Waals surface area contributed by atoms with Crippen LogP contribution in [0.25, 0.3) is 0 Å². The fourth-order valence-electron chi connectivity index (χ4n) is 1.57. The van der Waals surface area contributed by atoms with Gasteiger partial charge >= 0.3 is 0 Å². The van der Waals surface area contributed by atoms with Gasteiger partial charge in [-0.3, -0.25) is 4.79 Å². The number of halogens is 2. The smallest absolute Gasteiger partial charge is 0.252 e. The van der Waals surface area contributed by atoms with Crippen LogP contribution in [0.4, 0.5) is 0 Å². The summed E-state index contributed by atoms with van der Waals surface area (Å²) in [5, 5.41) is 3.70. The Morgan fingerprint density at radius 2 is 2.15 bits per heavy atom. The van der Waals surface area contributed by atoms with E-state index in [4.69, 9.17) is 27.6 Å². The van der Waals surface area contributed by atoms with E-state index >= 15 is 0 Å². The molecule has 1 N–H and O–H groups in total. The van der Waals surface area contributed by atoms with Gasteiger partial charge in [-0.25, -0.2) is 0 Å². The minimum Gasteiger partial charge on any atom is -0.468 e. The second-order valence-corrected chi connectivity index (χ2v) is 5.96. The number of furan rings is 1. The molecule has 3 nitrogen and oxygen atoms in total. The monoisotopic (exact) mass is 329 g/mol. The van der Waals surface area contributed by atoms with Crippen LogP contribution in [0, 0.1) is 0 Å². The van der Waals surface area contributed by atoms with Gasteiger partial charge in [0.1, 0.15) is 5.76 Å². The van der Waals surface area contributed by atoms with Crippen molar-refractivity contribution in [2.24, 2.45) is 0 Å². The van der Waals surface area contributed by atoms with Crippen molar-refractivity contribution in [3.8, 4) is 0 Å². The van der Waals surface area contributed by atoms with Crippen LogP contribution >= 0.6 is 35.0 Å². The van der Waals surface area contributed by atoms with Crippen LogP contribution in [0.1, 0.15) is 16.1 Å². The molecule has 0 atom stereocenters. The number of nitrogens with one attached hydrogen (secondary N) is 1. The first kappa shape index (κ1) is 15.3. The summed E-state index contributed by atoms with van der Waals surface area (Å²) in [6.45, 7) is 0.573. The van der Waals surface area contributed by atoms with Crippen molar-refractivity contribution in [3.63, 3.8) is 0 Å². The molecule has 0 radical (unpaired) electrons. The van der Waals surface area contributed by atoms with Gasteiger partial charge in [0, 0.05) is 17.3 Å². The normalized spacial score (nSPS) is 10.5. The Bertz CT molecular complexity index is 573. The highest BCUT2D eigenvalue weighted by molar-refractivity contribution is 7.98. The Kier molecular flexibility index (Phi) is 5.83. The van der Waals surface area contributed by atoms with Gasteiger partial charge in [0.15, 0.2) is 0 Å². The molecule has 2 rings (SSSR count). The topological polar surface area (TPSA) is 42.2 Å². The molecule has 0 aliphatic rings.